The molecule has 0 unspecified atom stereocenters. The molecule has 0 aliphatic heterocycles. The fourth-order valence-electron chi connectivity index (χ4n) is 2.86. The number of nitriles is 1. The summed E-state index contributed by atoms with van der Waals surface area (Å²) >= 11 is 0. The standard InChI is InChI=1S/C14H16N4/c15-8-12-13-7-6-11(16)9-18(13)14(17-12)10-4-2-1-3-5-10/h6-7,9-10H,1-5,16H2. The number of anilines is 1. The molecule has 92 valence electrons. The monoisotopic (exact) mass is 240 g/mol. The van der Waals surface area contributed by atoms with Crippen molar-refractivity contribution in [3.05, 3.63) is 29.8 Å². The first-order chi connectivity index (χ1) is 8.79. The topological polar surface area (TPSA) is 67.1 Å². The van der Waals surface area contributed by atoms with Crippen LogP contribution in [0.5, 0.6) is 0 Å². The lowest BCUT2D eigenvalue weighted by molar-refractivity contribution is 0.427. The Morgan fingerprint density at radius 3 is 2.78 bits per heavy atom. The minimum Gasteiger partial charge on any atom is -0.398 e. The zero-order chi connectivity index (χ0) is 12.5. The summed E-state index contributed by atoms with van der Waals surface area (Å²) in [5.74, 6) is 1.48. The van der Waals surface area contributed by atoms with E-state index in [1.807, 2.05) is 22.7 Å². The third-order valence-corrected chi connectivity index (χ3v) is 3.76. The lowest BCUT2D eigenvalue weighted by Crippen LogP contribution is -2.08. The summed E-state index contributed by atoms with van der Waals surface area (Å²) in [6, 6.07) is 5.88. The zero-order valence-electron chi connectivity index (χ0n) is 10.3. The fraction of sp³-hybridized carbons (Fsp3) is 0.429. The Morgan fingerprint density at radius 1 is 1.28 bits per heavy atom. The van der Waals surface area contributed by atoms with Crippen LogP contribution in [0.15, 0.2) is 18.3 Å². The Labute approximate surface area is 106 Å². The van der Waals surface area contributed by atoms with Gasteiger partial charge < -0.3 is 10.1 Å². The van der Waals surface area contributed by atoms with Gasteiger partial charge in [-0.2, -0.15) is 5.26 Å². The molecule has 1 aliphatic carbocycles. The summed E-state index contributed by atoms with van der Waals surface area (Å²) in [5.41, 5.74) is 7.93. The molecule has 18 heavy (non-hydrogen) atoms. The molecule has 0 spiro atoms. The van der Waals surface area contributed by atoms with Crippen LogP contribution in [0.4, 0.5) is 5.69 Å². The maximum Gasteiger partial charge on any atom is 0.166 e. The van der Waals surface area contributed by atoms with Gasteiger partial charge in [-0.1, -0.05) is 19.3 Å². The van der Waals surface area contributed by atoms with Crippen LogP contribution >= 0.6 is 0 Å². The van der Waals surface area contributed by atoms with Gasteiger partial charge >= 0.3 is 0 Å². The molecular weight excluding hydrogens is 224 g/mol. The fourth-order valence-corrected chi connectivity index (χ4v) is 2.86. The summed E-state index contributed by atoms with van der Waals surface area (Å²) in [6.45, 7) is 0. The van der Waals surface area contributed by atoms with Crippen LogP contribution in [0.2, 0.25) is 0 Å². The summed E-state index contributed by atoms with van der Waals surface area (Å²) in [7, 11) is 0. The van der Waals surface area contributed by atoms with Crippen molar-refractivity contribution in [2.75, 3.05) is 5.73 Å². The van der Waals surface area contributed by atoms with Crippen molar-refractivity contribution >= 4 is 11.2 Å². The van der Waals surface area contributed by atoms with Crippen molar-refractivity contribution in [3.8, 4) is 6.07 Å². The van der Waals surface area contributed by atoms with Crippen LogP contribution in [0.25, 0.3) is 5.52 Å². The molecule has 2 aromatic heterocycles. The lowest BCUT2D eigenvalue weighted by atomic mass is 9.89. The van der Waals surface area contributed by atoms with Gasteiger partial charge in [0.15, 0.2) is 5.69 Å². The SMILES string of the molecule is N#Cc1nc(C2CCCCC2)n2cc(N)ccc12. The molecule has 1 saturated carbocycles. The van der Waals surface area contributed by atoms with E-state index in [-0.39, 0.29) is 0 Å². The minimum atomic E-state index is 0.468. The zero-order valence-corrected chi connectivity index (χ0v) is 10.3. The van der Waals surface area contributed by atoms with E-state index in [2.05, 4.69) is 11.1 Å². The highest BCUT2D eigenvalue weighted by atomic mass is 15.0. The van der Waals surface area contributed by atoms with Gasteiger partial charge in [-0.25, -0.2) is 4.98 Å². The average molecular weight is 240 g/mol. The highest BCUT2D eigenvalue weighted by Gasteiger charge is 2.22. The molecule has 4 heteroatoms. The molecule has 0 radical (unpaired) electrons. The number of hydrogen-bond donors (Lipinski definition) is 1. The number of nitrogen functional groups attached to an aromatic ring is 1. The molecule has 4 nitrogen and oxygen atoms in total. The molecule has 0 aromatic carbocycles. The van der Waals surface area contributed by atoms with Gasteiger partial charge in [-0.3, -0.25) is 0 Å². The van der Waals surface area contributed by atoms with E-state index < -0.39 is 0 Å². The van der Waals surface area contributed by atoms with Gasteiger partial charge in [0.25, 0.3) is 0 Å². The normalized spacial score (nSPS) is 16.8. The van der Waals surface area contributed by atoms with Crippen LogP contribution in [0, 0.1) is 11.3 Å². The van der Waals surface area contributed by atoms with E-state index in [0.29, 0.717) is 17.3 Å². The molecule has 0 amide bonds. The number of hydrogen-bond acceptors (Lipinski definition) is 3. The van der Waals surface area contributed by atoms with E-state index in [1.165, 1.54) is 32.1 Å². The van der Waals surface area contributed by atoms with Gasteiger partial charge in [0.1, 0.15) is 11.9 Å². The predicted molar refractivity (Wildman–Crippen MR) is 70.1 cm³/mol. The van der Waals surface area contributed by atoms with Crippen molar-refractivity contribution in [1.82, 2.24) is 9.38 Å². The molecule has 1 fully saturated rings. The Morgan fingerprint density at radius 2 is 2.06 bits per heavy atom. The quantitative estimate of drug-likeness (QED) is 0.833. The minimum absolute atomic E-state index is 0.468. The molecule has 0 saturated heterocycles. The summed E-state index contributed by atoms with van der Waals surface area (Å²) in [6.07, 6.45) is 8.03. The van der Waals surface area contributed by atoms with Gasteiger partial charge in [0.05, 0.1) is 5.52 Å². The molecular formula is C14H16N4. The van der Waals surface area contributed by atoms with Crippen molar-refractivity contribution in [1.29, 1.82) is 5.26 Å². The number of imidazole rings is 1. The second-order valence-electron chi connectivity index (χ2n) is 4.98. The second-order valence-corrected chi connectivity index (χ2v) is 4.98. The van der Waals surface area contributed by atoms with Crippen molar-refractivity contribution in [2.45, 2.75) is 38.0 Å². The van der Waals surface area contributed by atoms with E-state index >= 15 is 0 Å². The van der Waals surface area contributed by atoms with Crippen LogP contribution in [-0.2, 0) is 0 Å². The van der Waals surface area contributed by atoms with Gasteiger partial charge in [0, 0.05) is 17.8 Å². The van der Waals surface area contributed by atoms with Crippen molar-refractivity contribution < 1.29 is 0 Å². The number of nitrogens with zero attached hydrogens (tertiary/aromatic N) is 3. The number of aromatic nitrogens is 2. The molecule has 3 rings (SSSR count). The number of fused-ring (bicyclic) bond motifs is 1. The first-order valence-electron chi connectivity index (χ1n) is 6.47. The third-order valence-electron chi connectivity index (χ3n) is 3.76. The van der Waals surface area contributed by atoms with E-state index in [0.717, 1.165) is 11.3 Å². The smallest absolute Gasteiger partial charge is 0.166 e. The van der Waals surface area contributed by atoms with Crippen LogP contribution in [-0.4, -0.2) is 9.38 Å². The second kappa shape index (κ2) is 4.34. The van der Waals surface area contributed by atoms with Crippen LogP contribution in [0.3, 0.4) is 0 Å². The van der Waals surface area contributed by atoms with Crippen LogP contribution in [0.1, 0.15) is 49.5 Å². The number of nitrogens with two attached hydrogens (primary N) is 1. The molecule has 1 aliphatic rings. The summed E-state index contributed by atoms with van der Waals surface area (Å²) < 4.78 is 2.00. The molecule has 0 bridgehead atoms. The maximum absolute atomic E-state index is 9.16. The first kappa shape index (κ1) is 11.1. The third kappa shape index (κ3) is 1.72. The number of rotatable bonds is 1. The van der Waals surface area contributed by atoms with E-state index in [9.17, 15) is 0 Å². The lowest BCUT2D eigenvalue weighted by Gasteiger charge is -2.20. The van der Waals surface area contributed by atoms with Gasteiger partial charge in [-0.05, 0) is 25.0 Å². The molecule has 2 heterocycles. The highest BCUT2D eigenvalue weighted by Crippen LogP contribution is 2.33. The first-order valence-corrected chi connectivity index (χ1v) is 6.47. The van der Waals surface area contributed by atoms with E-state index in [1.54, 1.807) is 0 Å². The van der Waals surface area contributed by atoms with Crippen molar-refractivity contribution in [2.24, 2.45) is 0 Å². The van der Waals surface area contributed by atoms with Gasteiger partial charge in [-0.15, -0.1) is 0 Å². The number of pyridine rings is 1. The predicted octanol–water partition coefficient (Wildman–Crippen LogP) is 2.84. The maximum atomic E-state index is 9.16. The summed E-state index contributed by atoms with van der Waals surface area (Å²) in [5, 5.41) is 9.16. The Hall–Kier alpha value is -2.02. The largest absolute Gasteiger partial charge is 0.398 e. The van der Waals surface area contributed by atoms with Crippen molar-refractivity contribution in [3.63, 3.8) is 0 Å². The Balaban J connectivity index is 2.16. The Kier molecular flexibility index (Phi) is 2.67. The van der Waals surface area contributed by atoms with E-state index in [4.69, 9.17) is 11.0 Å². The highest BCUT2D eigenvalue weighted by molar-refractivity contribution is 5.61. The molecule has 2 N–H and O–H groups in total. The van der Waals surface area contributed by atoms with Gasteiger partial charge in [0.2, 0.25) is 0 Å². The summed E-state index contributed by atoms with van der Waals surface area (Å²) in [4.78, 5) is 4.52. The van der Waals surface area contributed by atoms with Crippen LogP contribution < -0.4 is 5.73 Å². The molecule has 0 atom stereocenters. The Bertz CT molecular complexity index is 614. The molecule has 2 aromatic rings. The average Bonchev–Trinajstić information content (AvgIpc) is 2.77.